The van der Waals surface area contributed by atoms with Gasteiger partial charge in [-0.1, -0.05) is 0 Å². The molecule has 43 heavy (non-hydrogen) atoms. The molecule has 0 spiro atoms. The molecule has 2 aromatic heterocycles. The predicted molar refractivity (Wildman–Crippen MR) is 169 cm³/mol. The van der Waals surface area contributed by atoms with Crippen molar-refractivity contribution in [1.82, 2.24) is 25.2 Å². The number of urea groups is 1. The number of anilines is 3. The van der Waals surface area contributed by atoms with E-state index in [1.54, 1.807) is 69.9 Å². The van der Waals surface area contributed by atoms with E-state index in [-0.39, 0.29) is 5.91 Å². The molecule has 4 aromatic rings. The topological polar surface area (TPSA) is 148 Å². The molecule has 1 fully saturated rings. The Kier molecular flexibility index (Phi) is 8.87. The van der Waals surface area contributed by atoms with Gasteiger partial charge in [-0.05, 0) is 54.6 Å². The number of fused-ring (bicyclic) bond motifs is 1. The maximum Gasteiger partial charge on any atom is 0.323 e. The van der Waals surface area contributed by atoms with Gasteiger partial charge in [-0.25, -0.2) is 14.8 Å². The Labute approximate surface area is 249 Å². The van der Waals surface area contributed by atoms with Crippen LogP contribution in [0.3, 0.4) is 0 Å². The zero-order valence-electron chi connectivity index (χ0n) is 24.2. The Morgan fingerprint density at radius 1 is 0.953 bits per heavy atom. The molecule has 1 aliphatic rings. The van der Waals surface area contributed by atoms with Crippen LogP contribution in [0.25, 0.3) is 28.0 Å². The van der Waals surface area contributed by atoms with Crippen LogP contribution >= 0.6 is 0 Å². The molecule has 3 amide bonds. The van der Waals surface area contributed by atoms with Crippen LogP contribution in [0.2, 0.25) is 0 Å². The Balaban J connectivity index is 1.38. The molecule has 1 aliphatic heterocycles. The molecule has 0 saturated carbocycles. The van der Waals surface area contributed by atoms with Gasteiger partial charge in [-0.15, -0.1) is 0 Å². The third-order valence-corrected chi connectivity index (χ3v) is 6.81. The number of hydrogen-bond donors (Lipinski definition) is 4. The lowest BCUT2D eigenvalue weighted by Crippen LogP contribution is -2.37. The van der Waals surface area contributed by atoms with Gasteiger partial charge in [-0.3, -0.25) is 9.78 Å². The lowest BCUT2D eigenvalue weighted by atomic mass is 10.1. The van der Waals surface area contributed by atoms with E-state index in [1.165, 1.54) is 11.1 Å². The van der Waals surface area contributed by atoms with Crippen LogP contribution < -0.4 is 20.9 Å². The van der Waals surface area contributed by atoms with Crippen molar-refractivity contribution in [2.24, 2.45) is 0 Å². The Morgan fingerprint density at radius 3 is 2.21 bits per heavy atom. The highest BCUT2D eigenvalue weighted by molar-refractivity contribution is 6.09. The molecule has 3 heterocycles. The minimum absolute atomic E-state index is 0.109. The summed E-state index contributed by atoms with van der Waals surface area (Å²) >= 11 is 0. The van der Waals surface area contributed by atoms with Crippen LogP contribution in [0.1, 0.15) is 15.9 Å². The van der Waals surface area contributed by atoms with Crippen molar-refractivity contribution in [3.63, 3.8) is 0 Å². The zero-order chi connectivity index (χ0) is 30.3. The molecule has 0 atom stereocenters. The van der Waals surface area contributed by atoms with Crippen molar-refractivity contribution >= 4 is 52.0 Å². The van der Waals surface area contributed by atoms with Gasteiger partial charge < -0.3 is 35.9 Å². The van der Waals surface area contributed by atoms with Gasteiger partial charge in [-0.2, -0.15) is 0 Å². The summed E-state index contributed by atoms with van der Waals surface area (Å²) < 4.78 is 5.55. The second-order valence-electron chi connectivity index (χ2n) is 10.0. The number of amides is 3. The number of carbonyl (C=O) groups excluding carboxylic acids is 2. The first-order chi connectivity index (χ1) is 20.9. The van der Waals surface area contributed by atoms with Gasteiger partial charge in [0.05, 0.1) is 18.7 Å². The molecule has 0 aliphatic carbocycles. The highest BCUT2D eigenvalue weighted by Gasteiger charge is 2.20. The number of ether oxygens (including phenoxy) is 1. The number of allylic oxidation sites excluding steroid dienone is 1. The largest absolute Gasteiger partial charge is 0.393 e. The molecule has 220 valence electrons. The maximum absolute atomic E-state index is 12.6. The number of carbonyl (C=O) groups is 2. The van der Waals surface area contributed by atoms with Crippen molar-refractivity contribution in [1.29, 1.82) is 5.41 Å². The fraction of sp³-hybridized carbons (Fsp3) is 0.226. The number of pyridine rings is 1. The van der Waals surface area contributed by atoms with Gasteiger partial charge in [0, 0.05) is 86.5 Å². The van der Waals surface area contributed by atoms with Gasteiger partial charge in [0.1, 0.15) is 5.52 Å². The fourth-order valence-corrected chi connectivity index (χ4v) is 4.60. The fourth-order valence-electron chi connectivity index (χ4n) is 4.60. The number of rotatable bonds is 8. The van der Waals surface area contributed by atoms with Gasteiger partial charge in [0.15, 0.2) is 11.6 Å². The first kappa shape index (κ1) is 29.1. The van der Waals surface area contributed by atoms with Crippen LogP contribution in [0.15, 0.2) is 67.0 Å². The molecule has 0 radical (unpaired) electrons. The van der Waals surface area contributed by atoms with Crippen LogP contribution in [-0.2, 0) is 4.74 Å². The lowest BCUT2D eigenvalue weighted by Gasteiger charge is -2.28. The van der Waals surface area contributed by atoms with E-state index in [1.807, 2.05) is 18.2 Å². The van der Waals surface area contributed by atoms with Crippen molar-refractivity contribution in [3.8, 4) is 11.4 Å². The molecule has 0 unspecified atom stereocenters. The van der Waals surface area contributed by atoms with Crippen LogP contribution in [0.4, 0.5) is 22.0 Å². The number of nitrogens with one attached hydrogen (secondary N) is 4. The lowest BCUT2D eigenvalue weighted by molar-refractivity contribution is 0.0827. The molecule has 12 heteroatoms. The number of nitrogens with zero attached hydrogens (tertiary/aromatic N) is 5. The Hall–Kier alpha value is -5.36. The SMILES string of the molecule is CN/C=C(\C=N)c1cnc2c(N3CCOCC3)nc(-c3ccc(NC(=O)Nc4ccc(C(=O)N(C)C)cc4)cc3)nc2c1. The summed E-state index contributed by atoms with van der Waals surface area (Å²) in [5.41, 5.74) is 5.24. The third-order valence-electron chi connectivity index (χ3n) is 6.81. The third kappa shape index (κ3) is 6.76. The first-order valence-corrected chi connectivity index (χ1v) is 13.7. The van der Waals surface area contributed by atoms with E-state index in [9.17, 15) is 9.59 Å². The number of aromatic nitrogens is 3. The summed E-state index contributed by atoms with van der Waals surface area (Å²) in [6, 6.07) is 15.5. The van der Waals surface area contributed by atoms with Crippen molar-refractivity contribution in [2.75, 3.05) is 63.0 Å². The second-order valence-corrected chi connectivity index (χ2v) is 10.0. The van der Waals surface area contributed by atoms with Crippen LogP contribution in [-0.4, -0.2) is 85.5 Å². The van der Waals surface area contributed by atoms with E-state index in [4.69, 9.17) is 25.1 Å². The van der Waals surface area contributed by atoms with Gasteiger partial charge in [0.25, 0.3) is 5.91 Å². The summed E-state index contributed by atoms with van der Waals surface area (Å²) in [4.78, 5) is 42.8. The molecule has 4 N–H and O–H groups in total. The molecule has 1 saturated heterocycles. The minimum Gasteiger partial charge on any atom is -0.393 e. The minimum atomic E-state index is -0.411. The summed E-state index contributed by atoms with van der Waals surface area (Å²) in [5, 5.41) is 16.4. The molecule has 0 bridgehead atoms. The first-order valence-electron chi connectivity index (χ1n) is 13.7. The van der Waals surface area contributed by atoms with E-state index >= 15 is 0 Å². The van der Waals surface area contributed by atoms with Gasteiger partial charge in [0.2, 0.25) is 0 Å². The molecular formula is C31H33N9O3. The summed E-state index contributed by atoms with van der Waals surface area (Å²) in [6.07, 6.45) is 4.74. The molecule has 12 nitrogen and oxygen atoms in total. The summed E-state index contributed by atoms with van der Waals surface area (Å²) in [7, 11) is 5.16. The number of benzene rings is 2. The molecule has 2 aromatic carbocycles. The highest BCUT2D eigenvalue weighted by atomic mass is 16.5. The number of hydrogen-bond acceptors (Lipinski definition) is 9. The van der Waals surface area contributed by atoms with E-state index < -0.39 is 6.03 Å². The average molecular weight is 580 g/mol. The summed E-state index contributed by atoms with van der Waals surface area (Å²) in [5.74, 6) is 1.14. The van der Waals surface area contributed by atoms with Crippen molar-refractivity contribution in [2.45, 2.75) is 0 Å². The van der Waals surface area contributed by atoms with E-state index in [0.29, 0.717) is 65.7 Å². The normalized spacial score (nSPS) is 13.4. The monoisotopic (exact) mass is 579 g/mol. The van der Waals surface area contributed by atoms with Crippen LogP contribution in [0, 0.1) is 5.41 Å². The summed E-state index contributed by atoms with van der Waals surface area (Å²) in [6.45, 7) is 2.57. The second kappa shape index (κ2) is 13.1. The molecular weight excluding hydrogens is 546 g/mol. The Morgan fingerprint density at radius 2 is 1.60 bits per heavy atom. The predicted octanol–water partition coefficient (Wildman–Crippen LogP) is 4.08. The van der Waals surface area contributed by atoms with E-state index in [2.05, 4.69) is 20.9 Å². The van der Waals surface area contributed by atoms with E-state index in [0.717, 1.165) is 16.9 Å². The smallest absolute Gasteiger partial charge is 0.323 e. The quantitative estimate of drug-likeness (QED) is 0.228. The highest BCUT2D eigenvalue weighted by Crippen LogP contribution is 2.29. The average Bonchev–Trinajstić information content (AvgIpc) is 3.03. The molecule has 5 rings (SSSR count). The maximum atomic E-state index is 12.6. The Bertz CT molecular complexity index is 1660. The van der Waals surface area contributed by atoms with Crippen LogP contribution in [0.5, 0.6) is 0 Å². The standard InChI is InChI=1S/C31H33N9O3/c1-33-18-23(17-32)22-16-26-27(34-19-22)29(40-12-14-43-15-13-40)38-28(37-26)20-4-8-24(9-5-20)35-31(42)36-25-10-6-21(7-11-25)30(41)39(2)3/h4-11,16-19,32-33H,12-15H2,1-3H3,(H2,35,36,42)/b23-18+,32-17?. The zero-order valence-corrected chi connectivity index (χ0v) is 24.2. The van der Waals surface area contributed by atoms with Crippen molar-refractivity contribution in [3.05, 3.63) is 78.1 Å². The van der Waals surface area contributed by atoms with Gasteiger partial charge >= 0.3 is 6.03 Å². The van der Waals surface area contributed by atoms with Crippen molar-refractivity contribution < 1.29 is 14.3 Å². The number of morpholine rings is 1.